The third kappa shape index (κ3) is 4.79. The molecule has 1 unspecified atom stereocenters. The molecular formula is C25H29N3O3. The van der Waals surface area contributed by atoms with Gasteiger partial charge in [0.1, 0.15) is 11.8 Å². The maximum atomic E-state index is 12.6. The smallest absolute Gasteiger partial charge is 0.249 e. The van der Waals surface area contributed by atoms with Gasteiger partial charge in [0, 0.05) is 18.5 Å². The third-order valence-corrected chi connectivity index (χ3v) is 5.78. The monoisotopic (exact) mass is 419 g/mol. The highest BCUT2D eigenvalue weighted by Crippen LogP contribution is 2.34. The zero-order valence-corrected chi connectivity index (χ0v) is 18.4. The summed E-state index contributed by atoms with van der Waals surface area (Å²) in [5.41, 5.74) is 4.38. The van der Waals surface area contributed by atoms with Crippen LogP contribution in [0.3, 0.4) is 0 Å². The van der Waals surface area contributed by atoms with Gasteiger partial charge < -0.3 is 14.2 Å². The van der Waals surface area contributed by atoms with Gasteiger partial charge in [-0.25, -0.2) is 0 Å². The molecule has 0 aliphatic carbocycles. The van der Waals surface area contributed by atoms with Crippen LogP contribution in [0.4, 0.5) is 0 Å². The second kappa shape index (κ2) is 9.33. The molecule has 162 valence electrons. The van der Waals surface area contributed by atoms with Crippen LogP contribution in [0, 0.1) is 13.8 Å². The van der Waals surface area contributed by atoms with E-state index in [0.717, 1.165) is 29.7 Å². The lowest BCUT2D eigenvalue weighted by atomic mass is 10.0. The van der Waals surface area contributed by atoms with Gasteiger partial charge in [0.25, 0.3) is 0 Å². The first-order valence-electron chi connectivity index (χ1n) is 11.0. The largest absolute Gasteiger partial charge is 0.494 e. The number of hydrogen-bond donors (Lipinski definition) is 0. The normalized spacial score (nSPS) is 16.2. The minimum absolute atomic E-state index is 0.124. The molecule has 31 heavy (non-hydrogen) atoms. The number of ether oxygens (including phenoxy) is 1. The molecule has 2 aromatic carbocycles. The molecule has 0 saturated carbocycles. The average molecular weight is 420 g/mol. The van der Waals surface area contributed by atoms with Crippen molar-refractivity contribution in [2.75, 3.05) is 6.61 Å². The molecule has 0 spiro atoms. The molecule has 2 heterocycles. The van der Waals surface area contributed by atoms with Crippen molar-refractivity contribution in [2.24, 2.45) is 0 Å². The number of nitrogens with zero attached hydrogens (tertiary/aromatic N) is 3. The van der Waals surface area contributed by atoms with Gasteiger partial charge in [-0.3, -0.25) is 4.79 Å². The van der Waals surface area contributed by atoms with Crippen molar-refractivity contribution in [3.63, 3.8) is 0 Å². The zero-order valence-electron chi connectivity index (χ0n) is 18.4. The van der Waals surface area contributed by atoms with Gasteiger partial charge in [-0.2, -0.15) is 4.98 Å². The molecule has 0 bridgehead atoms. The highest BCUT2D eigenvalue weighted by Gasteiger charge is 2.36. The fourth-order valence-electron chi connectivity index (χ4n) is 3.87. The molecule has 1 aromatic heterocycles. The van der Waals surface area contributed by atoms with E-state index in [2.05, 4.69) is 49.1 Å². The van der Waals surface area contributed by atoms with Gasteiger partial charge in [-0.15, -0.1) is 0 Å². The Hall–Kier alpha value is -3.15. The molecule has 6 heteroatoms. The quantitative estimate of drug-likeness (QED) is 0.458. The number of benzene rings is 2. The van der Waals surface area contributed by atoms with Crippen molar-refractivity contribution in [1.29, 1.82) is 0 Å². The Kier molecular flexibility index (Phi) is 6.35. The Bertz CT molecular complexity index is 1040. The van der Waals surface area contributed by atoms with Gasteiger partial charge in [0.2, 0.25) is 17.6 Å². The topological polar surface area (TPSA) is 68.5 Å². The van der Waals surface area contributed by atoms with Crippen molar-refractivity contribution >= 4 is 5.91 Å². The first kappa shape index (κ1) is 21.1. The summed E-state index contributed by atoms with van der Waals surface area (Å²) in [6.45, 7) is 7.55. The molecular weight excluding hydrogens is 390 g/mol. The average Bonchev–Trinajstić information content (AvgIpc) is 3.39. The minimum atomic E-state index is -0.190. The van der Waals surface area contributed by atoms with Gasteiger partial charge in [-0.05, 0) is 62.1 Å². The van der Waals surface area contributed by atoms with Crippen molar-refractivity contribution in [3.05, 3.63) is 65.0 Å². The van der Waals surface area contributed by atoms with Crippen LogP contribution in [-0.2, 0) is 11.3 Å². The minimum Gasteiger partial charge on any atom is -0.494 e. The lowest BCUT2D eigenvalue weighted by Gasteiger charge is -2.23. The highest BCUT2D eigenvalue weighted by molar-refractivity contribution is 5.79. The lowest BCUT2D eigenvalue weighted by molar-refractivity contribution is -0.130. The van der Waals surface area contributed by atoms with Crippen molar-refractivity contribution in [2.45, 2.75) is 59.0 Å². The summed E-state index contributed by atoms with van der Waals surface area (Å²) in [5, 5.41) is 4.17. The Labute approximate surface area is 183 Å². The number of hydrogen-bond acceptors (Lipinski definition) is 5. The Morgan fingerprint density at radius 3 is 2.74 bits per heavy atom. The zero-order chi connectivity index (χ0) is 21.8. The molecule has 1 aliphatic heterocycles. The predicted octanol–water partition coefficient (Wildman–Crippen LogP) is 5.40. The van der Waals surface area contributed by atoms with Crippen molar-refractivity contribution < 1.29 is 14.1 Å². The third-order valence-electron chi connectivity index (χ3n) is 5.78. The SMILES string of the molecule is CCCCOc1ccc(-c2noc(C3CCC(=O)N3Cc3cc(C)ccc3C)n2)cc1. The van der Waals surface area contributed by atoms with Gasteiger partial charge in [0.05, 0.1) is 6.61 Å². The van der Waals surface area contributed by atoms with E-state index in [1.807, 2.05) is 29.2 Å². The standard InChI is InChI=1S/C25H29N3O3/c1-4-5-14-30-21-10-8-19(9-11-21)24-26-25(31-27-24)22-12-13-23(29)28(22)16-20-15-17(2)6-7-18(20)3/h6-11,15,22H,4-5,12-14,16H2,1-3H3. The molecule has 1 amide bonds. The molecule has 6 nitrogen and oxygen atoms in total. The van der Waals surface area contributed by atoms with Crippen LogP contribution in [0.15, 0.2) is 47.0 Å². The van der Waals surface area contributed by atoms with Crippen LogP contribution in [0.1, 0.15) is 61.2 Å². The van der Waals surface area contributed by atoms with E-state index in [0.29, 0.717) is 37.7 Å². The maximum Gasteiger partial charge on any atom is 0.249 e. The van der Waals surface area contributed by atoms with Crippen LogP contribution in [-0.4, -0.2) is 27.6 Å². The maximum absolute atomic E-state index is 12.6. The van der Waals surface area contributed by atoms with Crippen molar-refractivity contribution in [1.82, 2.24) is 15.0 Å². The molecule has 1 aliphatic rings. The Morgan fingerprint density at radius 2 is 1.97 bits per heavy atom. The van der Waals surface area contributed by atoms with E-state index in [-0.39, 0.29) is 11.9 Å². The fourth-order valence-corrected chi connectivity index (χ4v) is 3.87. The number of carbonyl (C=O) groups is 1. The van der Waals surface area contributed by atoms with Gasteiger partial charge in [-0.1, -0.05) is 42.3 Å². The second-order valence-corrected chi connectivity index (χ2v) is 8.19. The summed E-state index contributed by atoms with van der Waals surface area (Å²) in [6, 6.07) is 13.9. The molecule has 1 fully saturated rings. The van der Waals surface area contributed by atoms with Crippen LogP contribution < -0.4 is 4.74 Å². The summed E-state index contributed by atoms with van der Waals surface area (Å²) in [7, 11) is 0. The number of rotatable bonds is 8. The number of amides is 1. The van der Waals surface area contributed by atoms with E-state index in [4.69, 9.17) is 9.26 Å². The van der Waals surface area contributed by atoms with Gasteiger partial charge in [0.15, 0.2) is 0 Å². The lowest BCUT2D eigenvalue weighted by Crippen LogP contribution is -2.27. The number of carbonyl (C=O) groups excluding carboxylic acids is 1. The summed E-state index contributed by atoms with van der Waals surface area (Å²) >= 11 is 0. The van der Waals surface area contributed by atoms with E-state index in [1.165, 1.54) is 11.1 Å². The summed E-state index contributed by atoms with van der Waals surface area (Å²) in [5.74, 6) is 1.98. The number of unbranched alkanes of at least 4 members (excludes halogenated alkanes) is 1. The number of likely N-dealkylation sites (tertiary alicyclic amines) is 1. The van der Waals surface area contributed by atoms with Crippen LogP contribution in [0.2, 0.25) is 0 Å². The van der Waals surface area contributed by atoms with E-state index in [9.17, 15) is 4.79 Å². The molecule has 0 radical (unpaired) electrons. The molecule has 1 saturated heterocycles. The molecule has 4 rings (SSSR count). The summed E-state index contributed by atoms with van der Waals surface area (Å²) in [6.07, 6.45) is 3.33. The number of aromatic nitrogens is 2. The summed E-state index contributed by atoms with van der Waals surface area (Å²) in [4.78, 5) is 19.1. The van der Waals surface area contributed by atoms with E-state index >= 15 is 0 Å². The first-order chi connectivity index (χ1) is 15.0. The molecule has 1 atom stereocenters. The first-order valence-corrected chi connectivity index (χ1v) is 11.0. The van der Waals surface area contributed by atoms with E-state index in [1.54, 1.807) is 0 Å². The summed E-state index contributed by atoms with van der Waals surface area (Å²) < 4.78 is 11.3. The van der Waals surface area contributed by atoms with Crippen LogP contribution in [0.5, 0.6) is 5.75 Å². The predicted molar refractivity (Wildman–Crippen MR) is 119 cm³/mol. The van der Waals surface area contributed by atoms with E-state index < -0.39 is 0 Å². The molecule has 3 aromatic rings. The molecule has 0 N–H and O–H groups in total. The van der Waals surface area contributed by atoms with Gasteiger partial charge >= 0.3 is 0 Å². The second-order valence-electron chi connectivity index (χ2n) is 8.19. The van der Waals surface area contributed by atoms with Crippen LogP contribution in [0.25, 0.3) is 11.4 Å². The highest BCUT2D eigenvalue weighted by atomic mass is 16.5. The fraction of sp³-hybridized carbons (Fsp3) is 0.400. The number of aryl methyl sites for hydroxylation is 2. The Morgan fingerprint density at radius 1 is 1.16 bits per heavy atom. The van der Waals surface area contributed by atoms with Crippen molar-refractivity contribution in [3.8, 4) is 17.1 Å². The van der Waals surface area contributed by atoms with Crippen LogP contribution >= 0.6 is 0 Å². The Balaban J connectivity index is 1.49.